The third-order valence-electron chi connectivity index (χ3n) is 1.85. The SMILES string of the molecule is CC(=O)O[C@H](CCCl)c1ccccc1. The Labute approximate surface area is 88.8 Å². The van der Waals surface area contributed by atoms with Crippen molar-refractivity contribution in [2.24, 2.45) is 0 Å². The highest BCUT2D eigenvalue weighted by Gasteiger charge is 2.12. The van der Waals surface area contributed by atoms with E-state index in [9.17, 15) is 4.79 Å². The van der Waals surface area contributed by atoms with Crippen molar-refractivity contribution in [3.05, 3.63) is 35.9 Å². The highest BCUT2D eigenvalue weighted by atomic mass is 35.5. The van der Waals surface area contributed by atoms with E-state index in [1.807, 2.05) is 30.3 Å². The van der Waals surface area contributed by atoms with Gasteiger partial charge in [0.1, 0.15) is 6.10 Å². The van der Waals surface area contributed by atoms with E-state index < -0.39 is 0 Å². The lowest BCUT2D eigenvalue weighted by molar-refractivity contribution is -0.146. The molecule has 0 heterocycles. The van der Waals surface area contributed by atoms with E-state index in [2.05, 4.69) is 0 Å². The zero-order chi connectivity index (χ0) is 10.4. The van der Waals surface area contributed by atoms with Crippen molar-refractivity contribution in [2.75, 3.05) is 5.88 Å². The molecule has 0 saturated carbocycles. The van der Waals surface area contributed by atoms with Gasteiger partial charge < -0.3 is 4.74 Å². The fourth-order valence-corrected chi connectivity index (χ4v) is 1.46. The fraction of sp³-hybridized carbons (Fsp3) is 0.364. The summed E-state index contributed by atoms with van der Waals surface area (Å²) in [5.41, 5.74) is 0.989. The monoisotopic (exact) mass is 212 g/mol. The van der Waals surface area contributed by atoms with Crippen LogP contribution in [0.1, 0.15) is 25.0 Å². The van der Waals surface area contributed by atoms with Crippen molar-refractivity contribution in [2.45, 2.75) is 19.4 Å². The second-order valence-electron chi connectivity index (χ2n) is 2.99. The molecule has 0 spiro atoms. The molecular formula is C11H13ClO2. The number of carbonyl (C=O) groups is 1. The number of alkyl halides is 1. The molecule has 0 fully saturated rings. The lowest BCUT2D eigenvalue weighted by atomic mass is 10.1. The normalized spacial score (nSPS) is 12.1. The molecule has 0 N–H and O–H groups in total. The maximum atomic E-state index is 10.8. The standard InChI is InChI=1S/C11H13ClO2/c1-9(13)14-11(7-8-12)10-5-3-2-4-6-10/h2-6,11H,7-8H2,1H3/t11-/m1/s1. The van der Waals surface area contributed by atoms with Crippen molar-refractivity contribution in [1.29, 1.82) is 0 Å². The summed E-state index contributed by atoms with van der Waals surface area (Å²) in [6.07, 6.45) is 0.428. The van der Waals surface area contributed by atoms with Crippen LogP contribution in [0.25, 0.3) is 0 Å². The summed E-state index contributed by atoms with van der Waals surface area (Å²) in [6.45, 7) is 1.41. The number of halogens is 1. The van der Waals surface area contributed by atoms with Gasteiger partial charge in [-0.25, -0.2) is 0 Å². The van der Waals surface area contributed by atoms with Gasteiger partial charge >= 0.3 is 5.97 Å². The number of rotatable bonds is 4. The molecule has 14 heavy (non-hydrogen) atoms. The van der Waals surface area contributed by atoms with Gasteiger partial charge in [-0.3, -0.25) is 4.79 Å². The van der Waals surface area contributed by atoms with Crippen molar-refractivity contribution in [3.63, 3.8) is 0 Å². The van der Waals surface area contributed by atoms with Gasteiger partial charge in [-0.05, 0) is 5.56 Å². The summed E-state index contributed by atoms with van der Waals surface area (Å²) < 4.78 is 5.15. The number of benzene rings is 1. The van der Waals surface area contributed by atoms with E-state index in [0.29, 0.717) is 12.3 Å². The van der Waals surface area contributed by atoms with Crippen molar-refractivity contribution < 1.29 is 9.53 Å². The summed E-state index contributed by atoms with van der Waals surface area (Å²) >= 11 is 5.64. The minimum Gasteiger partial charge on any atom is -0.458 e. The molecule has 0 radical (unpaired) electrons. The zero-order valence-electron chi connectivity index (χ0n) is 8.07. The molecular weight excluding hydrogens is 200 g/mol. The molecule has 76 valence electrons. The van der Waals surface area contributed by atoms with Crippen molar-refractivity contribution >= 4 is 17.6 Å². The summed E-state index contributed by atoms with van der Waals surface area (Å²) in [5, 5.41) is 0. The fourth-order valence-electron chi connectivity index (χ4n) is 1.26. The Morgan fingerprint density at radius 3 is 2.57 bits per heavy atom. The summed E-state index contributed by atoms with van der Waals surface area (Å²) in [7, 11) is 0. The van der Waals surface area contributed by atoms with Gasteiger partial charge in [0, 0.05) is 19.2 Å². The van der Waals surface area contributed by atoms with Crippen molar-refractivity contribution in [1.82, 2.24) is 0 Å². The molecule has 0 aliphatic carbocycles. The topological polar surface area (TPSA) is 26.3 Å². The summed E-state index contributed by atoms with van der Waals surface area (Å²) in [6, 6.07) is 9.62. The molecule has 0 bridgehead atoms. The average molecular weight is 213 g/mol. The van der Waals surface area contributed by atoms with Crippen LogP contribution in [0.2, 0.25) is 0 Å². The number of ether oxygens (including phenoxy) is 1. The van der Waals surface area contributed by atoms with Crippen LogP contribution in [0.15, 0.2) is 30.3 Å². The van der Waals surface area contributed by atoms with Crippen LogP contribution in [0.4, 0.5) is 0 Å². The van der Waals surface area contributed by atoms with Crippen LogP contribution in [0.3, 0.4) is 0 Å². The summed E-state index contributed by atoms with van der Waals surface area (Å²) in [5.74, 6) is 0.205. The van der Waals surface area contributed by atoms with Crippen molar-refractivity contribution in [3.8, 4) is 0 Å². The van der Waals surface area contributed by atoms with Gasteiger partial charge in [0.15, 0.2) is 0 Å². The summed E-state index contributed by atoms with van der Waals surface area (Å²) in [4.78, 5) is 10.8. The molecule has 0 aromatic heterocycles. The van der Waals surface area contributed by atoms with Crippen LogP contribution < -0.4 is 0 Å². The molecule has 2 nitrogen and oxygen atoms in total. The first kappa shape index (κ1) is 11.1. The Balaban J connectivity index is 2.72. The van der Waals surface area contributed by atoms with Gasteiger partial charge in [0.05, 0.1) is 0 Å². The molecule has 0 aliphatic rings. The second-order valence-corrected chi connectivity index (χ2v) is 3.36. The molecule has 0 unspecified atom stereocenters. The highest BCUT2D eigenvalue weighted by Crippen LogP contribution is 2.21. The molecule has 0 saturated heterocycles. The van der Waals surface area contributed by atoms with E-state index in [4.69, 9.17) is 16.3 Å². The van der Waals surface area contributed by atoms with Crippen LogP contribution in [-0.4, -0.2) is 11.8 Å². The van der Waals surface area contributed by atoms with Crippen LogP contribution in [0.5, 0.6) is 0 Å². The zero-order valence-corrected chi connectivity index (χ0v) is 8.83. The number of esters is 1. The first-order valence-electron chi connectivity index (χ1n) is 4.52. The van der Waals surface area contributed by atoms with Gasteiger partial charge in [0.25, 0.3) is 0 Å². The Kier molecular flexibility index (Phi) is 4.47. The third-order valence-corrected chi connectivity index (χ3v) is 2.07. The van der Waals surface area contributed by atoms with E-state index >= 15 is 0 Å². The Bertz CT molecular complexity index is 285. The molecule has 1 rings (SSSR count). The van der Waals surface area contributed by atoms with Gasteiger partial charge in [-0.2, -0.15) is 0 Å². The maximum Gasteiger partial charge on any atom is 0.303 e. The minimum absolute atomic E-state index is 0.216. The van der Waals surface area contributed by atoms with Gasteiger partial charge in [-0.1, -0.05) is 30.3 Å². The number of hydrogen-bond acceptors (Lipinski definition) is 2. The van der Waals surface area contributed by atoms with E-state index in [1.54, 1.807) is 0 Å². The average Bonchev–Trinajstić information content (AvgIpc) is 2.18. The van der Waals surface area contributed by atoms with Crippen LogP contribution in [0, 0.1) is 0 Å². The molecule has 0 amide bonds. The molecule has 3 heteroatoms. The number of hydrogen-bond donors (Lipinski definition) is 0. The third kappa shape index (κ3) is 3.38. The quantitative estimate of drug-likeness (QED) is 0.567. The second kappa shape index (κ2) is 5.66. The Morgan fingerprint density at radius 2 is 2.07 bits per heavy atom. The van der Waals surface area contributed by atoms with E-state index in [0.717, 1.165) is 5.56 Å². The number of carbonyl (C=O) groups excluding carboxylic acids is 1. The van der Waals surface area contributed by atoms with E-state index in [-0.39, 0.29) is 12.1 Å². The Hall–Kier alpha value is -1.02. The highest BCUT2D eigenvalue weighted by molar-refractivity contribution is 6.17. The molecule has 0 aliphatic heterocycles. The van der Waals surface area contributed by atoms with Gasteiger partial charge in [0.2, 0.25) is 0 Å². The van der Waals surface area contributed by atoms with Crippen LogP contribution >= 0.6 is 11.6 Å². The first-order chi connectivity index (χ1) is 6.74. The predicted molar refractivity (Wildman–Crippen MR) is 56.3 cm³/mol. The van der Waals surface area contributed by atoms with E-state index in [1.165, 1.54) is 6.92 Å². The maximum absolute atomic E-state index is 10.8. The van der Waals surface area contributed by atoms with Crippen LogP contribution in [-0.2, 0) is 9.53 Å². The lowest BCUT2D eigenvalue weighted by Crippen LogP contribution is -2.08. The smallest absolute Gasteiger partial charge is 0.303 e. The molecule has 1 aromatic carbocycles. The lowest BCUT2D eigenvalue weighted by Gasteiger charge is -2.15. The first-order valence-corrected chi connectivity index (χ1v) is 5.05. The molecule has 1 atom stereocenters. The predicted octanol–water partition coefficient (Wildman–Crippen LogP) is 2.92. The Morgan fingerprint density at radius 1 is 1.43 bits per heavy atom. The largest absolute Gasteiger partial charge is 0.458 e. The van der Waals surface area contributed by atoms with Gasteiger partial charge in [-0.15, -0.1) is 11.6 Å². The minimum atomic E-state index is -0.274. The molecule has 1 aromatic rings.